The first-order valence-corrected chi connectivity index (χ1v) is 12.0. The molecule has 4 rings (SSSR count). The number of ether oxygens (including phenoxy) is 1. The predicted octanol–water partition coefficient (Wildman–Crippen LogP) is 6.46. The number of aliphatic imine (C=N–C) groups is 1. The molecular weight excluding hydrogens is 442 g/mol. The van der Waals surface area contributed by atoms with Crippen molar-refractivity contribution in [3.8, 4) is 11.8 Å². The second-order valence-electron chi connectivity index (χ2n) is 7.92. The van der Waals surface area contributed by atoms with Crippen LogP contribution in [-0.2, 0) is 11.4 Å². The van der Waals surface area contributed by atoms with Gasteiger partial charge < -0.3 is 4.74 Å². The zero-order valence-electron chi connectivity index (χ0n) is 19.2. The van der Waals surface area contributed by atoms with Gasteiger partial charge >= 0.3 is 0 Å². The summed E-state index contributed by atoms with van der Waals surface area (Å²) in [5, 5.41) is 9.93. The number of aryl methyl sites for hydroxylation is 1. The Balaban J connectivity index is 1.48. The molecule has 0 aromatic heterocycles. The van der Waals surface area contributed by atoms with Gasteiger partial charge in [-0.25, -0.2) is 4.99 Å². The fourth-order valence-electron chi connectivity index (χ4n) is 3.47. The van der Waals surface area contributed by atoms with Gasteiger partial charge in [0, 0.05) is 12.1 Å². The van der Waals surface area contributed by atoms with Gasteiger partial charge in [-0.05, 0) is 67.1 Å². The molecule has 0 N–H and O–H groups in total. The molecule has 3 aromatic carbocycles. The summed E-state index contributed by atoms with van der Waals surface area (Å²) in [5.74, 6) is 0.681. The third-order valence-electron chi connectivity index (χ3n) is 5.30. The monoisotopic (exact) mass is 467 g/mol. The fourth-order valence-corrected chi connectivity index (χ4v) is 4.49. The van der Waals surface area contributed by atoms with Crippen molar-refractivity contribution in [3.63, 3.8) is 0 Å². The van der Waals surface area contributed by atoms with Crippen molar-refractivity contribution < 1.29 is 9.53 Å². The number of amidine groups is 1. The Kier molecular flexibility index (Phi) is 7.46. The highest BCUT2D eigenvalue weighted by Gasteiger charge is 2.32. The first-order chi connectivity index (χ1) is 16.6. The van der Waals surface area contributed by atoms with E-state index in [1.54, 1.807) is 11.0 Å². The molecule has 3 aromatic rings. The quantitative estimate of drug-likeness (QED) is 0.374. The Labute approximate surface area is 204 Å². The number of rotatable bonds is 7. The summed E-state index contributed by atoms with van der Waals surface area (Å²) < 4.78 is 5.85. The molecule has 1 fully saturated rings. The maximum Gasteiger partial charge on any atom is 0.266 e. The fraction of sp³-hybridized carbons (Fsp3) is 0.179. The van der Waals surface area contributed by atoms with E-state index in [0.717, 1.165) is 23.2 Å². The van der Waals surface area contributed by atoms with Crippen LogP contribution in [0.4, 0.5) is 5.69 Å². The van der Waals surface area contributed by atoms with Crippen LogP contribution in [0, 0.1) is 18.3 Å². The largest absolute Gasteiger partial charge is 0.489 e. The summed E-state index contributed by atoms with van der Waals surface area (Å²) in [4.78, 5) is 20.2. The Morgan fingerprint density at radius 3 is 2.50 bits per heavy atom. The first-order valence-electron chi connectivity index (χ1n) is 11.1. The molecule has 1 saturated heterocycles. The van der Waals surface area contributed by atoms with Crippen molar-refractivity contribution in [1.29, 1.82) is 5.26 Å². The van der Waals surface area contributed by atoms with Crippen molar-refractivity contribution in [2.24, 2.45) is 4.99 Å². The standard InChI is InChI=1S/C28H25N3O2S/c1-3-16-31-27(32)26(34-28(31)30-24-12-8-20(2)9-13-24)17-21-10-14-25(15-11-21)33-19-23-7-5-4-6-22(23)18-29/h4-15,17H,3,16,19H2,1-2H3/b26-17+,30-28?. The van der Waals surface area contributed by atoms with E-state index in [9.17, 15) is 10.1 Å². The lowest BCUT2D eigenvalue weighted by molar-refractivity contribution is -0.122. The summed E-state index contributed by atoms with van der Waals surface area (Å²) in [7, 11) is 0. The molecule has 1 heterocycles. The zero-order valence-corrected chi connectivity index (χ0v) is 20.0. The van der Waals surface area contributed by atoms with E-state index in [1.807, 2.05) is 79.7 Å². The van der Waals surface area contributed by atoms with E-state index in [0.29, 0.717) is 34.5 Å². The van der Waals surface area contributed by atoms with Crippen LogP contribution >= 0.6 is 11.8 Å². The molecular formula is C28H25N3O2S. The van der Waals surface area contributed by atoms with E-state index >= 15 is 0 Å². The summed E-state index contributed by atoms with van der Waals surface area (Å²) >= 11 is 1.40. The minimum atomic E-state index is -0.0221. The van der Waals surface area contributed by atoms with Crippen LogP contribution in [0.3, 0.4) is 0 Å². The van der Waals surface area contributed by atoms with Crippen molar-refractivity contribution in [1.82, 2.24) is 4.90 Å². The van der Waals surface area contributed by atoms with Gasteiger partial charge in [-0.15, -0.1) is 0 Å². The van der Waals surface area contributed by atoms with Crippen molar-refractivity contribution >= 4 is 34.6 Å². The smallest absolute Gasteiger partial charge is 0.266 e. The minimum absolute atomic E-state index is 0.0221. The molecule has 0 atom stereocenters. The SMILES string of the molecule is CCCN1C(=O)/C(=C\c2ccc(OCc3ccccc3C#N)cc2)SC1=Nc1ccc(C)cc1. The molecule has 1 amide bonds. The van der Waals surface area contributed by atoms with Crippen LogP contribution in [-0.4, -0.2) is 22.5 Å². The van der Waals surface area contributed by atoms with E-state index in [2.05, 4.69) is 13.0 Å². The zero-order chi connectivity index (χ0) is 23.9. The van der Waals surface area contributed by atoms with E-state index in [4.69, 9.17) is 9.73 Å². The number of carbonyl (C=O) groups excluding carboxylic acids is 1. The normalized spacial score (nSPS) is 15.7. The molecule has 0 bridgehead atoms. The average Bonchev–Trinajstić information content (AvgIpc) is 3.14. The van der Waals surface area contributed by atoms with Crippen LogP contribution < -0.4 is 4.74 Å². The van der Waals surface area contributed by atoms with Crippen molar-refractivity contribution in [3.05, 3.63) is 100.0 Å². The highest BCUT2D eigenvalue weighted by Crippen LogP contribution is 2.34. The third kappa shape index (κ3) is 5.56. The van der Waals surface area contributed by atoms with Gasteiger partial charge in [0.1, 0.15) is 12.4 Å². The molecule has 0 saturated carbocycles. The van der Waals surface area contributed by atoms with Gasteiger partial charge in [-0.2, -0.15) is 5.26 Å². The second kappa shape index (κ2) is 10.9. The van der Waals surface area contributed by atoms with Gasteiger partial charge in [0.2, 0.25) is 0 Å². The molecule has 6 heteroatoms. The number of hydrogen-bond donors (Lipinski definition) is 0. The Bertz CT molecular complexity index is 1270. The molecule has 34 heavy (non-hydrogen) atoms. The van der Waals surface area contributed by atoms with Gasteiger partial charge in [0.15, 0.2) is 5.17 Å². The molecule has 5 nitrogen and oxygen atoms in total. The van der Waals surface area contributed by atoms with Gasteiger partial charge in [0.25, 0.3) is 5.91 Å². The number of carbonyl (C=O) groups is 1. The average molecular weight is 468 g/mol. The lowest BCUT2D eigenvalue weighted by Gasteiger charge is -2.13. The van der Waals surface area contributed by atoms with Crippen LogP contribution in [0.2, 0.25) is 0 Å². The van der Waals surface area contributed by atoms with Crippen LogP contribution in [0.15, 0.2) is 82.7 Å². The summed E-state index contributed by atoms with van der Waals surface area (Å²) in [6, 6.07) is 25.1. The Morgan fingerprint density at radius 1 is 1.06 bits per heavy atom. The maximum absolute atomic E-state index is 13.0. The van der Waals surface area contributed by atoms with Crippen molar-refractivity contribution in [2.75, 3.05) is 6.54 Å². The lowest BCUT2D eigenvalue weighted by atomic mass is 10.1. The number of benzene rings is 3. The van der Waals surface area contributed by atoms with Crippen LogP contribution in [0.25, 0.3) is 6.08 Å². The lowest BCUT2D eigenvalue weighted by Crippen LogP contribution is -2.29. The maximum atomic E-state index is 13.0. The highest BCUT2D eigenvalue weighted by atomic mass is 32.2. The van der Waals surface area contributed by atoms with E-state index < -0.39 is 0 Å². The first kappa shape index (κ1) is 23.3. The van der Waals surface area contributed by atoms with E-state index in [-0.39, 0.29) is 5.91 Å². The molecule has 1 aliphatic rings. The molecule has 0 unspecified atom stereocenters. The third-order valence-corrected chi connectivity index (χ3v) is 6.31. The number of thioether (sulfide) groups is 1. The van der Waals surface area contributed by atoms with Gasteiger partial charge in [0.05, 0.1) is 22.2 Å². The van der Waals surface area contributed by atoms with E-state index in [1.165, 1.54) is 17.3 Å². The van der Waals surface area contributed by atoms with Gasteiger partial charge in [-0.3, -0.25) is 9.69 Å². The van der Waals surface area contributed by atoms with Gasteiger partial charge in [-0.1, -0.05) is 55.0 Å². The van der Waals surface area contributed by atoms with Crippen molar-refractivity contribution in [2.45, 2.75) is 26.9 Å². The minimum Gasteiger partial charge on any atom is -0.489 e. The van der Waals surface area contributed by atoms with Crippen LogP contribution in [0.1, 0.15) is 35.6 Å². The summed E-state index contributed by atoms with van der Waals surface area (Å²) in [6.45, 7) is 5.04. The summed E-state index contributed by atoms with van der Waals surface area (Å²) in [6.07, 6.45) is 2.75. The highest BCUT2D eigenvalue weighted by molar-refractivity contribution is 8.18. The molecule has 0 radical (unpaired) electrons. The number of amides is 1. The number of nitrogens with zero attached hydrogens (tertiary/aromatic N) is 3. The molecule has 0 spiro atoms. The molecule has 1 aliphatic heterocycles. The predicted molar refractivity (Wildman–Crippen MR) is 138 cm³/mol. The number of nitriles is 1. The molecule has 170 valence electrons. The Morgan fingerprint density at radius 2 is 1.79 bits per heavy atom. The summed E-state index contributed by atoms with van der Waals surface area (Å²) in [5.41, 5.74) is 4.38. The molecule has 0 aliphatic carbocycles. The topological polar surface area (TPSA) is 65.7 Å². The number of hydrogen-bond acceptors (Lipinski definition) is 5. The second-order valence-corrected chi connectivity index (χ2v) is 8.93. The van der Waals surface area contributed by atoms with Crippen LogP contribution in [0.5, 0.6) is 5.75 Å². The Hall–Kier alpha value is -3.82.